The Bertz CT molecular complexity index is 1350. The van der Waals surface area contributed by atoms with Crippen LogP contribution in [-0.2, 0) is 26.0 Å². The predicted octanol–water partition coefficient (Wildman–Crippen LogP) is 4.60. The molecule has 3 aromatic rings. The van der Waals surface area contributed by atoms with E-state index in [1.165, 1.54) is 28.8 Å². The van der Waals surface area contributed by atoms with Crippen molar-refractivity contribution in [3.8, 4) is 5.75 Å². The number of nitrogens with one attached hydrogen (secondary N) is 1. The molecule has 0 unspecified atom stereocenters. The van der Waals surface area contributed by atoms with Crippen molar-refractivity contribution < 1.29 is 22.7 Å². The minimum Gasteiger partial charge on any atom is -0.494 e. The first-order chi connectivity index (χ1) is 19.2. The maximum absolute atomic E-state index is 13.9. The molecule has 2 amide bonds. The molecule has 0 radical (unpaired) electrons. The minimum atomic E-state index is -4.12. The average Bonchev–Trinajstić information content (AvgIpc) is 2.97. The third-order valence-electron chi connectivity index (χ3n) is 6.36. The number of likely N-dealkylation sites (N-methyl/N-ethyl adjacent to an activating group) is 1. The summed E-state index contributed by atoms with van der Waals surface area (Å²) in [6.07, 6.45) is 2.43. The van der Waals surface area contributed by atoms with Crippen LogP contribution in [0, 0.1) is 0 Å². The average molecular weight is 584 g/mol. The zero-order valence-corrected chi connectivity index (χ0v) is 25.0. The Morgan fingerprint density at radius 3 is 2.17 bits per heavy atom. The maximum atomic E-state index is 13.9. The highest BCUT2D eigenvalue weighted by Crippen LogP contribution is 2.27. The number of anilines is 1. The molecule has 3 aromatic carbocycles. The molecule has 3 rings (SSSR count). The number of amides is 2. The second-order valence-corrected chi connectivity index (χ2v) is 11.7. The quantitative estimate of drug-likeness (QED) is 0.279. The molecule has 0 aliphatic heterocycles. The lowest BCUT2D eigenvalue weighted by molar-refractivity contribution is -0.138. The molecule has 0 aromatic heterocycles. The summed E-state index contributed by atoms with van der Waals surface area (Å²) in [5.74, 6) is -0.187. The van der Waals surface area contributed by atoms with Gasteiger partial charge < -0.3 is 15.0 Å². The van der Waals surface area contributed by atoms with Crippen molar-refractivity contribution >= 4 is 39.3 Å². The van der Waals surface area contributed by atoms with Crippen LogP contribution in [0.15, 0.2) is 88.7 Å². The smallest absolute Gasteiger partial charge is 0.264 e. The lowest BCUT2D eigenvalue weighted by atomic mass is 10.1. The summed E-state index contributed by atoms with van der Waals surface area (Å²) < 4.78 is 34.5. The van der Waals surface area contributed by atoms with E-state index in [9.17, 15) is 18.0 Å². The minimum absolute atomic E-state index is 0.0691. The van der Waals surface area contributed by atoms with Crippen LogP contribution >= 0.6 is 11.8 Å². The van der Waals surface area contributed by atoms with Crippen LogP contribution < -0.4 is 14.4 Å². The summed E-state index contributed by atoms with van der Waals surface area (Å²) >= 11 is 1.51. The van der Waals surface area contributed by atoms with Gasteiger partial charge in [-0.05, 0) is 87.5 Å². The van der Waals surface area contributed by atoms with Crippen molar-refractivity contribution in [2.24, 2.45) is 0 Å². The van der Waals surface area contributed by atoms with Crippen LogP contribution in [0.4, 0.5) is 5.69 Å². The van der Waals surface area contributed by atoms with Gasteiger partial charge in [0.1, 0.15) is 18.3 Å². The van der Waals surface area contributed by atoms with Crippen molar-refractivity contribution in [1.29, 1.82) is 0 Å². The van der Waals surface area contributed by atoms with E-state index in [1.807, 2.05) is 50.4 Å². The van der Waals surface area contributed by atoms with Gasteiger partial charge in [0.2, 0.25) is 11.8 Å². The van der Waals surface area contributed by atoms with Crippen molar-refractivity contribution in [2.75, 3.05) is 36.8 Å². The Labute approximate surface area is 241 Å². The Morgan fingerprint density at radius 1 is 0.950 bits per heavy atom. The molecular weight excluding hydrogens is 546 g/mol. The second kappa shape index (κ2) is 14.8. The summed E-state index contributed by atoms with van der Waals surface area (Å²) in [4.78, 5) is 29.1. The summed E-state index contributed by atoms with van der Waals surface area (Å²) in [7, 11) is -4.12. The molecule has 40 heavy (non-hydrogen) atoms. The fourth-order valence-corrected chi connectivity index (χ4v) is 5.99. The van der Waals surface area contributed by atoms with Gasteiger partial charge in [-0.15, -0.1) is 11.8 Å². The number of carbonyl (C=O) groups excluding carboxylic acids is 2. The molecule has 0 spiro atoms. The standard InChI is InChI=1S/C30H37N3O5S2/c1-5-31-30(35)23(3)32(21-20-24-10-8-7-9-11-24)29(34)22-33(25-12-14-26(15-13-25)38-6-2)40(36,37)28-18-16-27(39-4)17-19-28/h7-19,23H,5-6,20-22H2,1-4H3,(H,31,35)/t23-/m1/s1. The van der Waals surface area contributed by atoms with Gasteiger partial charge in [0, 0.05) is 18.0 Å². The first-order valence-corrected chi connectivity index (χ1v) is 15.9. The van der Waals surface area contributed by atoms with E-state index in [0.29, 0.717) is 31.0 Å². The number of benzene rings is 3. The molecular formula is C30H37N3O5S2. The fourth-order valence-electron chi connectivity index (χ4n) is 4.17. The first kappa shape index (κ1) is 31.0. The number of rotatable bonds is 14. The van der Waals surface area contributed by atoms with Crippen molar-refractivity contribution in [2.45, 2.75) is 43.0 Å². The predicted molar refractivity (Wildman–Crippen MR) is 160 cm³/mol. The van der Waals surface area contributed by atoms with E-state index in [4.69, 9.17) is 4.74 Å². The van der Waals surface area contributed by atoms with Crippen LogP contribution in [0.2, 0.25) is 0 Å². The van der Waals surface area contributed by atoms with Gasteiger partial charge in [0.05, 0.1) is 17.2 Å². The molecule has 0 bridgehead atoms. The number of carbonyl (C=O) groups is 2. The van der Waals surface area contributed by atoms with Gasteiger partial charge in [-0.25, -0.2) is 8.42 Å². The van der Waals surface area contributed by atoms with Crippen molar-refractivity contribution in [3.05, 3.63) is 84.4 Å². The summed E-state index contributed by atoms with van der Waals surface area (Å²) in [5.41, 5.74) is 1.33. The molecule has 1 N–H and O–H groups in total. The number of nitrogens with zero attached hydrogens (tertiary/aromatic N) is 2. The molecule has 0 heterocycles. The SMILES string of the molecule is CCNC(=O)[C@@H](C)N(CCc1ccccc1)C(=O)CN(c1ccc(OCC)cc1)S(=O)(=O)c1ccc(SC)cc1. The van der Waals surface area contributed by atoms with Crippen molar-refractivity contribution in [3.63, 3.8) is 0 Å². The number of ether oxygens (including phenoxy) is 1. The Kier molecular flexibility index (Phi) is 11.5. The Hall–Kier alpha value is -3.50. The van der Waals surface area contributed by atoms with E-state index in [-0.39, 0.29) is 17.3 Å². The molecule has 8 nitrogen and oxygen atoms in total. The fraction of sp³-hybridized carbons (Fsp3) is 0.333. The molecule has 1 atom stereocenters. The van der Waals surface area contributed by atoms with E-state index in [0.717, 1.165) is 14.8 Å². The van der Waals surface area contributed by atoms with Crippen LogP contribution in [0.5, 0.6) is 5.75 Å². The summed E-state index contributed by atoms with van der Waals surface area (Å²) in [6.45, 7) is 5.99. The molecule has 214 valence electrons. The van der Waals surface area contributed by atoms with Gasteiger partial charge in [0.15, 0.2) is 0 Å². The van der Waals surface area contributed by atoms with Gasteiger partial charge in [-0.2, -0.15) is 0 Å². The number of thioether (sulfide) groups is 1. The molecule has 0 saturated carbocycles. The molecule has 10 heteroatoms. The van der Waals surface area contributed by atoms with Crippen LogP contribution in [-0.4, -0.2) is 63.7 Å². The normalized spacial score (nSPS) is 11.9. The second-order valence-electron chi connectivity index (χ2n) is 9.01. The molecule has 0 aliphatic carbocycles. The number of sulfonamides is 1. The van der Waals surface area contributed by atoms with E-state index < -0.39 is 28.5 Å². The molecule has 0 fully saturated rings. The van der Waals surface area contributed by atoms with Crippen LogP contribution in [0.1, 0.15) is 26.3 Å². The monoisotopic (exact) mass is 583 g/mol. The van der Waals surface area contributed by atoms with Crippen molar-refractivity contribution in [1.82, 2.24) is 10.2 Å². The third-order valence-corrected chi connectivity index (χ3v) is 8.90. The number of hydrogen-bond acceptors (Lipinski definition) is 6. The first-order valence-electron chi connectivity index (χ1n) is 13.2. The van der Waals surface area contributed by atoms with Crippen LogP contribution in [0.3, 0.4) is 0 Å². The van der Waals surface area contributed by atoms with Gasteiger partial charge in [0.25, 0.3) is 10.0 Å². The number of hydrogen-bond donors (Lipinski definition) is 1. The van der Waals surface area contributed by atoms with E-state index >= 15 is 0 Å². The highest BCUT2D eigenvalue weighted by molar-refractivity contribution is 7.98. The lowest BCUT2D eigenvalue weighted by Crippen LogP contribution is -2.52. The topological polar surface area (TPSA) is 96.0 Å². The molecule has 0 saturated heterocycles. The Balaban J connectivity index is 1.98. The summed E-state index contributed by atoms with van der Waals surface area (Å²) in [5, 5.41) is 2.77. The van der Waals surface area contributed by atoms with E-state index in [2.05, 4.69) is 5.32 Å². The third kappa shape index (κ3) is 8.02. The highest BCUT2D eigenvalue weighted by atomic mass is 32.2. The zero-order chi connectivity index (χ0) is 29.1. The van der Waals surface area contributed by atoms with Crippen LogP contribution in [0.25, 0.3) is 0 Å². The van der Waals surface area contributed by atoms with Gasteiger partial charge >= 0.3 is 0 Å². The van der Waals surface area contributed by atoms with Gasteiger partial charge in [-0.1, -0.05) is 30.3 Å². The van der Waals surface area contributed by atoms with E-state index in [1.54, 1.807) is 43.3 Å². The maximum Gasteiger partial charge on any atom is 0.264 e. The zero-order valence-electron chi connectivity index (χ0n) is 23.4. The highest BCUT2D eigenvalue weighted by Gasteiger charge is 2.32. The Morgan fingerprint density at radius 2 is 1.60 bits per heavy atom. The largest absolute Gasteiger partial charge is 0.494 e. The lowest BCUT2D eigenvalue weighted by Gasteiger charge is -2.32. The molecule has 0 aliphatic rings. The summed E-state index contributed by atoms with van der Waals surface area (Å²) in [6, 6.07) is 22.0. The van der Waals surface area contributed by atoms with Gasteiger partial charge in [-0.3, -0.25) is 13.9 Å².